The number of pyridine rings is 1. The molecule has 0 aliphatic rings. The van der Waals surface area contributed by atoms with Crippen LogP contribution in [-0.4, -0.2) is 9.55 Å². The van der Waals surface area contributed by atoms with Gasteiger partial charge in [0.05, 0.1) is 41.8 Å². The summed E-state index contributed by atoms with van der Waals surface area (Å²) in [5.74, 6) is 1.97. The molecule has 0 fully saturated rings. The summed E-state index contributed by atoms with van der Waals surface area (Å²) in [6.45, 7) is 12.4. The number of para-hydroxylation sites is 3. The molecule has 0 atom stereocenters. The fourth-order valence-corrected chi connectivity index (χ4v) is 7.41. The van der Waals surface area contributed by atoms with Gasteiger partial charge in [0.2, 0.25) is 0 Å². The molecule has 9 aromatic rings. The molecule has 0 amide bonds. The standard InChI is InChI=1S/C55H50N4O/c1-54(2,3)39-30-31-56-52(34-39)59-50-27-16-13-24-44(50)45-29-28-43(36-51(45)59)60-42-23-17-22-41(35-42)57-48-25-14-15-26-49(48)58-53-46(37-18-9-7-10-19-37)32-40(55(4,5)6)33-47(53)38-20-11-8-12-21-38/h7-36,57-58H,1-6H3/i7D,8D,9D,10D,11D,12D,18D,19D,20D,21D. The smallest absolute Gasteiger partial charge is 0.137 e. The zero-order chi connectivity index (χ0) is 50.1. The lowest BCUT2D eigenvalue weighted by atomic mass is 9.82. The Hall–Kier alpha value is -7.11. The predicted octanol–water partition coefficient (Wildman–Crippen LogP) is 15.4. The minimum atomic E-state index is -0.603. The van der Waals surface area contributed by atoms with E-state index in [1.165, 1.54) is 5.56 Å². The van der Waals surface area contributed by atoms with Gasteiger partial charge in [-0.05, 0) is 99.8 Å². The van der Waals surface area contributed by atoms with Crippen LogP contribution in [-0.2, 0) is 10.8 Å². The Morgan fingerprint density at radius 2 is 1.13 bits per heavy atom. The van der Waals surface area contributed by atoms with Gasteiger partial charge < -0.3 is 15.4 Å². The van der Waals surface area contributed by atoms with E-state index >= 15 is 0 Å². The molecule has 2 N–H and O–H groups in total. The average Bonchev–Trinajstić information content (AvgIpc) is 3.66. The molecule has 60 heavy (non-hydrogen) atoms. The van der Waals surface area contributed by atoms with Gasteiger partial charge in [0.15, 0.2) is 0 Å². The lowest BCUT2D eigenvalue weighted by molar-refractivity contribution is 0.483. The number of rotatable bonds is 9. The number of ether oxygens (including phenoxy) is 1. The molecule has 2 aromatic heterocycles. The molecule has 7 aromatic carbocycles. The van der Waals surface area contributed by atoms with Crippen LogP contribution in [0.25, 0.3) is 49.9 Å². The molecular formula is C55H50N4O. The molecule has 0 bridgehead atoms. The molecule has 0 saturated heterocycles. The van der Waals surface area contributed by atoms with Crippen molar-refractivity contribution in [1.29, 1.82) is 0 Å². The zero-order valence-electron chi connectivity index (χ0n) is 44.3. The summed E-state index contributed by atoms with van der Waals surface area (Å²) in [6, 6.07) is 31.6. The number of hydrogen-bond donors (Lipinski definition) is 2. The summed E-state index contributed by atoms with van der Waals surface area (Å²) in [6.07, 6.45) is 1.85. The lowest BCUT2D eigenvalue weighted by Crippen LogP contribution is -2.12. The maximum Gasteiger partial charge on any atom is 0.137 e. The van der Waals surface area contributed by atoms with Gasteiger partial charge in [-0.1, -0.05) is 138 Å². The molecule has 0 aliphatic heterocycles. The number of nitrogens with zero attached hydrogens (tertiary/aromatic N) is 2. The van der Waals surface area contributed by atoms with Crippen molar-refractivity contribution in [3.05, 3.63) is 193 Å². The SMILES string of the molecule is [2H]c1c([2H])c([2H])c(-c2cc(C(C)(C)C)cc(-c3c([2H])c([2H])c([2H])c([2H])c3[2H])c2Nc2ccccc2Nc2cccc(Oc3ccc4c5ccccc5n(-c5cc(C(C)(C)C)ccn5)c4c3)c2)c([2H])c1[2H]. The van der Waals surface area contributed by atoms with Crippen LogP contribution in [0.3, 0.4) is 0 Å². The van der Waals surface area contributed by atoms with E-state index in [1.54, 1.807) is 24.3 Å². The lowest BCUT2D eigenvalue weighted by Gasteiger charge is -2.26. The van der Waals surface area contributed by atoms with Crippen LogP contribution in [0.4, 0.5) is 22.7 Å². The third-order valence-corrected chi connectivity index (χ3v) is 10.6. The van der Waals surface area contributed by atoms with Crippen LogP contribution in [0.15, 0.2) is 182 Å². The Kier molecular flexibility index (Phi) is 7.36. The highest BCUT2D eigenvalue weighted by molar-refractivity contribution is 6.09. The molecular weight excluding hydrogens is 733 g/mol. The highest BCUT2D eigenvalue weighted by Crippen LogP contribution is 2.44. The molecule has 0 spiro atoms. The number of fused-ring (bicyclic) bond motifs is 3. The maximum absolute atomic E-state index is 9.08. The molecule has 0 saturated carbocycles. The third kappa shape index (κ3) is 7.74. The third-order valence-electron chi connectivity index (χ3n) is 10.6. The van der Waals surface area contributed by atoms with E-state index in [0.717, 1.165) is 27.6 Å². The second kappa shape index (κ2) is 15.6. The summed E-state index contributed by atoms with van der Waals surface area (Å²) < 4.78 is 96.2. The first-order chi connectivity index (χ1) is 33.1. The molecule has 2 heterocycles. The van der Waals surface area contributed by atoms with Crippen molar-refractivity contribution in [2.24, 2.45) is 0 Å². The Labute approximate surface area is 367 Å². The van der Waals surface area contributed by atoms with E-state index in [9.17, 15) is 0 Å². The molecule has 5 heteroatoms. The number of hydrogen-bond acceptors (Lipinski definition) is 4. The maximum atomic E-state index is 9.08. The molecule has 9 rings (SSSR count). The van der Waals surface area contributed by atoms with Crippen molar-refractivity contribution in [2.45, 2.75) is 52.4 Å². The predicted molar refractivity (Wildman–Crippen MR) is 253 cm³/mol. The normalized spacial score (nSPS) is 14.2. The summed E-state index contributed by atoms with van der Waals surface area (Å²) in [5.41, 5.74) is 5.10. The fraction of sp³-hybridized carbons (Fsp3) is 0.145. The van der Waals surface area contributed by atoms with Crippen molar-refractivity contribution >= 4 is 44.6 Å². The first kappa shape index (κ1) is 28.3. The molecule has 0 aliphatic carbocycles. The second-order valence-corrected chi connectivity index (χ2v) is 16.8. The molecule has 0 unspecified atom stereocenters. The zero-order valence-corrected chi connectivity index (χ0v) is 34.3. The van der Waals surface area contributed by atoms with E-state index in [4.69, 9.17) is 23.4 Å². The van der Waals surface area contributed by atoms with Crippen molar-refractivity contribution < 1.29 is 18.4 Å². The van der Waals surface area contributed by atoms with Crippen LogP contribution in [0.1, 0.15) is 66.4 Å². The van der Waals surface area contributed by atoms with Gasteiger partial charge >= 0.3 is 0 Å². The van der Waals surface area contributed by atoms with Gasteiger partial charge in [-0.25, -0.2) is 4.98 Å². The molecule has 296 valence electrons. The van der Waals surface area contributed by atoms with E-state index < -0.39 is 65.8 Å². The summed E-state index contributed by atoms with van der Waals surface area (Å²) >= 11 is 0. The topological polar surface area (TPSA) is 51.1 Å². The van der Waals surface area contributed by atoms with Gasteiger partial charge in [0.25, 0.3) is 0 Å². The van der Waals surface area contributed by atoms with Gasteiger partial charge in [0, 0.05) is 45.9 Å². The van der Waals surface area contributed by atoms with Crippen molar-refractivity contribution in [2.75, 3.05) is 10.6 Å². The summed E-state index contributed by atoms with van der Waals surface area (Å²) in [5, 5.41) is 9.11. The summed E-state index contributed by atoms with van der Waals surface area (Å²) in [7, 11) is 0. The number of nitrogens with one attached hydrogen (secondary N) is 2. The van der Waals surface area contributed by atoms with Crippen molar-refractivity contribution in [3.63, 3.8) is 0 Å². The molecule has 5 nitrogen and oxygen atoms in total. The largest absolute Gasteiger partial charge is 0.457 e. The number of anilines is 4. The van der Waals surface area contributed by atoms with Crippen LogP contribution in [0.5, 0.6) is 11.5 Å². The Morgan fingerprint density at radius 1 is 0.533 bits per heavy atom. The highest BCUT2D eigenvalue weighted by Gasteiger charge is 2.22. The van der Waals surface area contributed by atoms with Crippen molar-refractivity contribution in [1.82, 2.24) is 9.55 Å². The van der Waals surface area contributed by atoms with E-state index in [1.807, 2.05) is 87.6 Å². The fourth-order valence-electron chi connectivity index (χ4n) is 7.41. The van der Waals surface area contributed by atoms with E-state index in [-0.39, 0.29) is 33.4 Å². The van der Waals surface area contributed by atoms with Crippen LogP contribution >= 0.6 is 0 Å². The number of benzene rings is 7. The monoisotopic (exact) mass is 792 g/mol. The van der Waals surface area contributed by atoms with Crippen LogP contribution in [0.2, 0.25) is 0 Å². The van der Waals surface area contributed by atoms with Gasteiger partial charge in [-0.15, -0.1) is 0 Å². The Morgan fingerprint density at radius 3 is 1.80 bits per heavy atom. The minimum Gasteiger partial charge on any atom is -0.457 e. The van der Waals surface area contributed by atoms with E-state index in [2.05, 4.69) is 66.3 Å². The van der Waals surface area contributed by atoms with Crippen LogP contribution < -0.4 is 15.4 Å². The highest BCUT2D eigenvalue weighted by atomic mass is 16.5. The minimum absolute atomic E-state index is 0.0771. The first-order valence-corrected chi connectivity index (χ1v) is 19.9. The quantitative estimate of drug-likeness (QED) is 0.153. The Balaban J connectivity index is 1.14. The van der Waals surface area contributed by atoms with Gasteiger partial charge in [-0.2, -0.15) is 0 Å². The van der Waals surface area contributed by atoms with Gasteiger partial charge in [-0.3, -0.25) is 4.57 Å². The molecule has 0 radical (unpaired) electrons. The first-order valence-electron chi connectivity index (χ1n) is 24.9. The Bertz CT molecular complexity index is 3430. The van der Waals surface area contributed by atoms with Crippen molar-refractivity contribution in [3.8, 4) is 39.6 Å². The van der Waals surface area contributed by atoms with E-state index in [0.29, 0.717) is 34.1 Å². The van der Waals surface area contributed by atoms with Crippen LogP contribution in [0, 0.1) is 0 Å². The van der Waals surface area contributed by atoms with Gasteiger partial charge in [0.1, 0.15) is 17.3 Å². The number of aromatic nitrogens is 2. The summed E-state index contributed by atoms with van der Waals surface area (Å²) in [4.78, 5) is 4.81. The second-order valence-electron chi connectivity index (χ2n) is 16.8. The average molecular weight is 793 g/mol.